The minimum Gasteiger partial charge on any atom is -0.325 e. The van der Waals surface area contributed by atoms with Gasteiger partial charge in [0.15, 0.2) is 0 Å². The first-order chi connectivity index (χ1) is 8.04. The molecule has 0 aromatic heterocycles. The summed E-state index contributed by atoms with van der Waals surface area (Å²) in [5, 5.41) is 23.4. The fraction of sp³-hybridized carbons (Fsp3) is 0.111. The largest absolute Gasteiger partial charge is 0.325 e. The van der Waals surface area contributed by atoms with Gasteiger partial charge in [-0.25, -0.2) is 4.79 Å². The lowest BCUT2D eigenvalue weighted by molar-refractivity contribution is -0.384. The van der Waals surface area contributed by atoms with Crippen molar-refractivity contribution in [2.24, 2.45) is 0 Å². The third kappa shape index (κ3) is 3.62. The molecule has 0 unspecified atom stereocenters. The van der Waals surface area contributed by atoms with E-state index in [9.17, 15) is 14.9 Å². The molecule has 0 aliphatic heterocycles. The molecule has 1 rings (SSSR count). The predicted octanol–water partition coefficient (Wildman–Crippen LogP) is 1.89. The summed E-state index contributed by atoms with van der Waals surface area (Å²) in [6, 6.07) is 4.72. The molecular formula is C9H7ClN4O3. The lowest BCUT2D eigenvalue weighted by atomic mass is 10.3. The monoisotopic (exact) mass is 254 g/mol. The Morgan fingerprint density at radius 2 is 2.29 bits per heavy atom. The molecule has 2 amide bonds. The number of nitriles is 1. The van der Waals surface area contributed by atoms with E-state index in [2.05, 4.69) is 10.6 Å². The Morgan fingerprint density at radius 1 is 1.59 bits per heavy atom. The molecule has 0 heterocycles. The van der Waals surface area contributed by atoms with Gasteiger partial charge in [0, 0.05) is 12.1 Å². The van der Waals surface area contributed by atoms with Crippen LogP contribution in [0.1, 0.15) is 0 Å². The number of nitrogens with one attached hydrogen (secondary N) is 2. The first-order valence-electron chi connectivity index (χ1n) is 4.40. The molecular weight excluding hydrogens is 248 g/mol. The molecule has 0 fully saturated rings. The second-order valence-corrected chi connectivity index (χ2v) is 3.29. The standard InChI is InChI=1S/C9H7ClN4O3/c10-7-2-1-6(14(16)17)5-8(7)13-9(15)12-4-3-11/h1-2,5H,4H2,(H2,12,13,15). The topological polar surface area (TPSA) is 108 Å². The number of anilines is 1. The second-order valence-electron chi connectivity index (χ2n) is 2.89. The van der Waals surface area contributed by atoms with Crippen molar-refractivity contribution in [1.29, 1.82) is 5.26 Å². The molecule has 0 aliphatic rings. The van der Waals surface area contributed by atoms with Crippen LogP contribution in [0.25, 0.3) is 0 Å². The number of halogens is 1. The number of amides is 2. The summed E-state index contributed by atoms with van der Waals surface area (Å²) in [6.07, 6.45) is 0. The van der Waals surface area contributed by atoms with Crippen LogP contribution < -0.4 is 10.6 Å². The quantitative estimate of drug-likeness (QED) is 0.488. The smallest absolute Gasteiger partial charge is 0.320 e. The Kier molecular flexibility index (Phi) is 4.25. The highest BCUT2D eigenvalue weighted by molar-refractivity contribution is 6.33. The predicted molar refractivity (Wildman–Crippen MR) is 60.7 cm³/mol. The first kappa shape index (κ1) is 12.7. The van der Waals surface area contributed by atoms with Crippen molar-refractivity contribution in [3.8, 4) is 6.07 Å². The van der Waals surface area contributed by atoms with Crippen LogP contribution in [0.2, 0.25) is 5.02 Å². The highest BCUT2D eigenvalue weighted by atomic mass is 35.5. The molecule has 1 aromatic carbocycles. The summed E-state index contributed by atoms with van der Waals surface area (Å²) >= 11 is 5.75. The summed E-state index contributed by atoms with van der Waals surface area (Å²) in [5.74, 6) is 0. The third-order valence-corrected chi connectivity index (χ3v) is 2.07. The van der Waals surface area contributed by atoms with Crippen molar-refractivity contribution in [1.82, 2.24) is 5.32 Å². The van der Waals surface area contributed by atoms with Gasteiger partial charge in [0.05, 0.1) is 21.7 Å². The van der Waals surface area contributed by atoms with E-state index in [0.29, 0.717) is 0 Å². The number of carbonyl (C=O) groups excluding carboxylic acids is 1. The molecule has 8 heteroatoms. The van der Waals surface area contributed by atoms with Crippen LogP contribution >= 0.6 is 11.6 Å². The SMILES string of the molecule is N#CCNC(=O)Nc1cc([N+](=O)[O-])ccc1Cl. The van der Waals surface area contributed by atoms with E-state index in [1.54, 1.807) is 6.07 Å². The zero-order valence-corrected chi connectivity index (χ0v) is 9.19. The average molecular weight is 255 g/mol. The first-order valence-corrected chi connectivity index (χ1v) is 4.78. The van der Waals surface area contributed by atoms with Gasteiger partial charge in [-0.15, -0.1) is 0 Å². The Bertz CT molecular complexity index is 498. The van der Waals surface area contributed by atoms with Gasteiger partial charge in [-0.1, -0.05) is 11.6 Å². The van der Waals surface area contributed by atoms with Gasteiger partial charge in [0.25, 0.3) is 5.69 Å². The van der Waals surface area contributed by atoms with Gasteiger partial charge in [-0.05, 0) is 6.07 Å². The lowest BCUT2D eigenvalue weighted by Gasteiger charge is -2.06. The second kappa shape index (κ2) is 5.67. The maximum absolute atomic E-state index is 11.2. The Balaban J connectivity index is 2.83. The van der Waals surface area contributed by atoms with Crippen molar-refractivity contribution in [2.75, 3.05) is 11.9 Å². The number of non-ortho nitro benzene ring substituents is 1. The number of nitro groups is 1. The van der Waals surface area contributed by atoms with E-state index < -0.39 is 11.0 Å². The van der Waals surface area contributed by atoms with Gasteiger partial charge in [0.2, 0.25) is 0 Å². The van der Waals surface area contributed by atoms with E-state index >= 15 is 0 Å². The van der Waals surface area contributed by atoms with Crippen molar-refractivity contribution in [3.05, 3.63) is 33.3 Å². The fourth-order valence-electron chi connectivity index (χ4n) is 1.01. The number of urea groups is 1. The molecule has 17 heavy (non-hydrogen) atoms. The molecule has 88 valence electrons. The Labute approximate surface area is 101 Å². The zero-order chi connectivity index (χ0) is 12.8. The van der Waals surface area contributed by atoms with Gasteiger partial charge < -0.3 is 10.6 Å². The van der Waals surface area contributed by atoms with Crippen LogP contribution in [-0.2, 0) is 0 Å². The molecule has 0 saturated heterocycles. The summed E-state index contributed by atoms with van der Waals surface area (Å²) in [7, 11) is 0. The van der Waals surface area contributed by atoms with E-state index in [1.807, 2.05) is 0 Å². The average Bonchev–Trinajstić information content (AvgIpc) is 2.29. The number of nitrogens with zero attached hydrogens (tertiary/aromatic N) is 2. The minimum absolute atomic E-state index is 0.108. The number of benzene rings is 1. The number of carbonyl (C=O) groups is 1. The van der Waals surface area contributed by atoms with E-state index in [1.165, 1.54) is 12.1 Å². The minimum atomic E-state index is -0.658. The van der Waals surface area contributed by atoms with Crippen LogP contribution in [0.4, 0.5) is 16.2 Å². The molecule has 0 saturated carbocycles. The van der Waals surface area contributed by atoms with Crippen molar-refractivity contribution >= 4 is 29.0 Å². The van der Waals surface area contributed by atoms with Crippen molar-refractivity contribution in [2.45, 2.75) is 0 Å². The summed E-state index contributed by atoms with van der Waals surface area (Å²) in [4.78, 5) is 21.1. The number of nitro benzene ring substituents is 1. The van der Waals surface area contributed by atoms with Gasteiger partial charge >= 0.3 is 6.03 Å². The maximum Gasteiger partial charge on any atom is 0.320 e. The number of hydrogen-bond donors (Lipinski definition) is 2. The van der Waals surface area contributed by atoms with Gasteiger partial charge in [0.1, 0.15) is 6.54 Å². The van der Waals surface area contributed by atoms with Crippen molar-refractivity contribution in [3.63, 3.8) is 0 Å². The highest BCUT2D eigenvalue weighted by Gasteiger charge is 2.11. The molecule has 0 bridgehead atoms. The third-order valence-electron chi connectivity index (χ3n) is 1.74. The van der Waals surface area contributed by atoms with E-state index in [-0.39, 0.29) is 22.9 Å². The van der Waals surface area contributed by atoms with Gasteiger partial charge in [-0.2, -0.15) is 5.26 Å². The molecule has 0 aliphatic carbocycles. The van der Waals surface area contributed by atoms with Gasteiger partial charge in [-0.3, -0.25) is 10.1 Å². The normalized spacial score (nSPS) is 9.18. The molecule has 2 N–H and O–H groups in total. The molecule has 1 aromatic rings. The van der Waals surface area contributed by atoms with Crippen LogP contribution in [0.5, 0.6) is 0 Å². The number of hydrogen-bond acceptors (Lipinski definition) is 4. The lowest BCUT2D eigenvalue weighted by Crippen LogP contribution is -2.28. The van der Waals surface area contributed by atoms with E-state index in [0.717, 1.165) is 6.07 Å². The highest BCUT2D eigenvalue weighted by Crippen LogP contribution is 2.26. The summed E-state index contributed by atoms with van der Waals surface area (Å²) in [6.45, 7) is -0.168. The summed E-state index contributed by atoms with van der Waals surface area (Å²) in [5.41, 5.74) is -0.0821. The zero-order valence-electron chi connectivity index (χ0n) is 8.44. The fourth-order valence-corrected chi connectivity index (χ4v) is 1.17. The van der Waals surface area contributed by atoms with Crippen molar-refractivity contribution < 1.29 is 9.72 Å². The van der Waals surface area contributed by atoms with E-state index in [4.69, 9.17) is 16.9 Å². The van der Waals surface area contributed by atoms with Crippen LogP contribution in [0.3, 0.4) is 0 Å². The van der Waals surface area contributed by atoms with Crippen LogP contribution in [0.15, 0.2) is 18.2 Å². The maximum atomic E-state index is 11.2. The molecule has 7 nitrogen and oxygen atoms in total. The molecule has 0 spiro atoms. The molecule has 0 atom stereocenters. The van der Waals surface area contributed by atoms with Crippen LogP contribution in [0, 0.1) is 21.4 Å². The number of rotatable bonds is 3. The Morgan fingerprint density at radius 3 is 2.88 bits per heavy atom. The Hall–Kier alpha value is -2.33. The molecule has 0 radical (unpaired) electrons. The van der Waals surface area contributed by atoms with Crippen LogP contribution in [-0.4, -0.2) is 17.5 Å². The summed E-state index contributed by atoms with van der Waals surface area (Å²) < 4.78 is 0.